The van der Waals surface area contributed by atoms with Crippen molar-refractivity contribution in [3.05, 3.63) is 24.2 Å². The Morgan fingerprint density at radius 2 is 2.36 bits per heavy atom. The van der Waals surface area contributed by atoms with E-state index in [9.17, 15) is 0 Å². The van der Waals surface area contributed by atoms with Crippen molar-refractivity contribution in [1.29, 1.82) is 5.41 Å². The van der Waals surface area contributed by atoms with Gasteiger partial charge in [-0.2, -0.15) is 4.99 Å². The lowest BCUT2D eigenvalue weighted by Gasteiger charge is -2.12. The lowest BCUT2D eigenvalue weighted by molar-refractivity contribution is -0.804. The minimum atomic E-state index is 0. The number of hydrogen-bond acceptors (Lipinski definition) is 3. The Morgan fingerprint density at radius 1 is 1.55 bits per heavy atom. The van der Waals surface area contributed by atoms with Gasteiger partial charge in [0.25, 0.3) is 11.7 Å². The van der Waals surface area contributed by atoms with Crippen LogP contribution in [-0.4, -0.2) is 12.1 Å². The van der Waals surface area contributed by atoms with Crippen LogP contribution in [0, 0.1) is 5.41 Å². The van der Waals surface area contributed by atoms with E-state index in [2.05, 4.69) is 10.4 Å². The van der Waals surface area contributed by atoms with Crippen LogP contribution in [0.2, 0.25) is 0 Å². The van der Waals surface area contributed by atoms with Crippen LogP contribution >= 0.6 is 0 Å². The van der Waals surface area contributed by atoms with Crippen molar-refractivity contribution in [2.24, 2.45) is 4.99 Å². The number of allylic oxidation sites excluding steroid dienone is 2. The zero-order chi connectivity index (χ0) is 6.97. The zero-order valence-electron chi connectivity index (χ0n) is 5.63. The number of nitrogens with zero attached hydrogens (tertiary/aromatic N) is 1. The monoisotopic (exact) mass is 170 g/mol. The third-order valence-corrected chi connectivity index (χ3v) is 1.44. The lowest BCUT2D eigenvalue weighted by atomic mass is 10.5. The fourth-order valence-corrected chi connectivity index (χ4v) is 0.950. The first kappa shape index (κ1) is 7.97. The summed E-state index contributed by atoms with van der Waals surface area (Å²) in [6.07, 6.45) is 7.09. The smallest absolute Gasteiger partial charge is 0.268 e. The van der Waals surface area contributed by atoms with E-state index >= 15 is 0 Å². The van der Waals surface area contributed by atoms with Crippen molar-refractivity contribution >= 4 is 12.1 Å². The number of aliphatic imine (C=N–C) groups is 1. The second-order valence-corrected chi connectivity index (χ2v) is 2.10. The molecule has 0 aliphatic carbocycles. The highest BCUT2D eigenvalue weighted by Gasteiger charge is 2.25. The van der Waals surface area contributed by atoms with E-state index in [1.165, 1.54) is 0 Å². The van der Waals surface area contributed by atoms with Crippen LogP contribution in [0.3, 0.4) is 0 Å². The van der Waals surface area contributed by atoms with E-state index in [1.807, 2.05) is 12.2 Å². The maximum Gasteiger partial charge on any atom is 0.268 e. The van der Waals surface area contributed by atoms with Crippen LogP contribution in [0.1, 0.15) is 0 Å². The van der Waals surface area contributed by atoms with Gasteiger partial charge in [0.15, 0.2) is 0 Å². The summed E-state index contributed by atoms with van der Waals surface area (Å²) in [5, 5.41) is 8.16. The van der Waals surface area contributed by atoms with E-state index in [1.54, 1.807) is 12.4 Å². The Labute approximate surface area is 70.2 Å². The molecule has 2 aliphatic rings. The first-order chi connectivity index (χ1) is 4.88. The second-order valence-electron chi connectivity index (χ2n) is 2.10. The molecule has 0 aromatic rings. The quantitative estimate of drug-likeness (QED) is 0.340. The summed E-state index contributed by atoms with van der Waals surface area (Å²) < 4.78 is 0. The third-order valence-electron chi connectivity index (χ3n) is 1.44. The molecule has 58 valence electrons. The average Bonchev–Trinajstić information content (AvgIpc) is 2.34. The maximum atomic E-state index is 7.35. The van der Waals surface area contributed by atoms with Crippen molar-refractivity contribution in [2.45, 2.75) is 0 Å². The summed E-state index contributed by atoms with van der Waals surface area (Å²) >= 11 is 0. The van der Waals surface area contributed by atoms with Crippen molar-refractivity contribution in [3.63, 3.8) is 0 Å². The standard InChI is InChI=1S/C6H6N4.ClH/c7-5-4-8-6-2-1-3-9-10(5)6;/h1-4,7,9H;1H. The molecule has 4 nitrogen and oxygen atoms in total. The predicted molar refractivity (Wildman–Crippen MR) is 37.5 cm³/mol. The van der Waals surface area contributed by atoms with Gasteiger partial charge >= 0.3 is 0 Å². The molecule has 0 radical (unpaired) electrons. The van der Waals surface area contributed by atoms with Crippen LogP contribution in [0.25, 0.3) is 0 Å². The van der Waals surface area contributed by atoms with Gasteiger partial charge in [0.2, 0.25) is 0 Å². The summed E-state index contributed by atoms with van der Waals surface area (Å²) in [5.74, 6) is 1.31. The van der Waals surface area contributed by atoms with Crippen molar-refractivity contribution in [1.82, 2.24) is 5.43 Å². The molecular weight excluding hydrogens is 164 g/mol. The van der Waals surface area contributed by atoms with E-state index < -0.39 is 0 Å². The molecule has 2 aliphatic heterocycles. The lowest BCUT2D eigenvalue weighted by Crippen LogP contribution is -3.17. The summed E-state index contributed by atoms with van der Waals surface area (Å²) in [6, 6.07) is 0. The highest BCUT2D eigenvalue weighted by molar-refractivity contribution is 6.25. The number of hydrogen-bond donors (Lipinski definition) is 3. The molecule has 0 spiro atoms. The van der Waals surface area contributed by atoms with Crippen LogP contribution in [0.4, 0.5) is 0 Å². The maximum absolute atomic E-state index is 7.35. The molecule has 2 rings (SSSR count). The van der Waals surface area contributed by atoms with Gasteiger partial charge < -0.3 is 12.4 Å². The molecule has 3 N–H and O–H groups in total. The predicted octanol–water partition coefficient (Wildman–Crippen LogP) is -4.19. The second kappa shape index (κ2) is 2.86. The largest absolute Gasteiger partial charge is 1.00 e. The topological polar surface area (TPSA) is 52.7 Å². The van der Waals surface area contributed by atoms with Crippen molar-refractivity contribution in [3.8, 4) is 0 Å². The minimum absolute atomic E-state index is 0. The molecule has 0 amide bonds. The Morgan fingerprint density at radius 3 is 3.09 bits per heavy atom. The van der Waals surface area contributed by atoms with E-state index in [0.717, 1.165) is 10.8 Å². The van der Waals surface area contributed by atoms with Crippen molar-refractivity contribution < 1.29 is 17.4 Å². The van der Waals surface area contributed by atoms with Gasteiger partial charge in [-0.25, -0.2) is 10.8 Å². The number of quaternary nitrogens is 1. The zero-order valence-corrected chi connectivity index (χ0v) is 6.39. The van der Waals surface area contributed by atoms with Crippen LogP contribution in [-0.2, 0) is 0 Å². The van der Waals surface area contributed by atoms with Gasteiger partial charge in [0.1, 0.15) is 6.21 Å². The Bertz CT molecular complexity index is 266. The van der Waals surface area contributed by atoms with Gasteiger partial charge in [-0.15, -0.1) is 5.01 Å². The van der Waals surface area contributed by atoms with Crippen LogP contribution in [0.5, 0.6) is 0 Å². The number of fused-ring (bicyclic) bond motifs is 1. The average molecular weight is 171 g/mol. The van der Waals surface area contributed by atoms with Gasteiger partial charge in [0.05, 0.1) is 6.20 Å². The fraction of sp³-hybridized carbons (Fsp3) is 0. The van der Waals surface area contributed by atoms with E-state index in [-0.39, 0.29) is 12.4 Å². The Balaban J connectivity index is 0.000000605. The van der Waals surface area contributed by atoms with E-state index in [0.29, 0.717) is 5.84 Å². The molecule has 0 saturated heterocycles. The highest BCUT2D eigenvalue weighted by Crippen LogP contribution is 1.92. The molecule has 1 atom stereocenters. The molecule has 0 bridgehead atoms. The van der Waals surface area contributed by atoms with Crippen molar-refractivity contribution in [2.75, 3.05) is 0 Å². The number of halogens is 1. The molecule has 1 unspecified atom stereocenters. The minimum Gasteiger partial charge on any atom is -1.00 e. The van der Waals surface area contributed by atoms with Gasteiger partial charge in [-0.05, 0) is 6.08 Å². The highest BCUT2D eigenvalue weighted by atomic mass is 35.5. The SMILES string of the molecule is N=C1C=NC2=CC=CN[NH+]12.[Cl-]. The number of nitrogens with one attached hydrogen (secondary N) is 3. The fourth-order valence-electron chi connectivity index (χ4n) is 0.950. The molecule has 5 heteroatoms. The Kier molecular flexibility index (Phi) is 2.07. The van der Waals surface area contributed by atoms with Crippen LogP contribution in [0.15, 0.2) is 29.2 Å². The summed E-state index contributed by atoms with van der Waals surface area (Å²) in [7, 11) is 0. The van der Waals surface area contributed by atoms with Gasteiger partial charge in [-0.1, -0.05) is 0 Å². The van der Waals surface area contributed by atoms with Crippen LogP contribution < -0.4 is 22.8 Å². The molecule has 2 heterocycles. The molecule has 0 saturated carbocycles. The molecule has 0 aromatic heterocycles. The summed E-state index contributed by atoms with van der Waals surface area (Å²) in [5.41, 5.74) is 2.95. The normalized spacial score (nSPS) is 25.3. The molecule has 0 aromatic carbocycles. The summed E-state index contributed by atoms with van der Waals surface area (Å²) in [4.78, 5) is 4.00. The molecular formula is C6H7ClN4. The summed E-state index contributed by atoms with van der Waals surface area (Å²) in [6.45, 7) is 0. The third kappa shape index (κ3) is 1.18. The number of rotatable bonds is 0. The van der Waals surface area contributed by atoms with E-state index in [4.69, 9.17) is 5.41 Å². The molecule has 0 fully saturated rings. The first-order valence-electron chi connectivity index (χ1n) is 3.01. The van der Waals surface area contributed by atoms with Gasteiger partial charge in [-0.3, -0.25) is 0 Å². The Hall–Kier alpha value is -1.13. The number of amidine groups is 1. The van der Waals surface area contributed by atoms with Gasteiger partial charge in [0, 0.05) is 6.08 Å². The molecule has 11 heavy (non-hydrogen) atoms. The first-order valence-corrected chi connectivity index (χ1v) is 3.01.